The van der Waals surface area contributed by atoms with Gasteiger partial charge in [-0.15, -0.1) is 6.58 Å². The largest absolute Gasteiger partial charge is 0.444 e. The number of piperidine rings is 1. The molecule has 108 valence electrons. The molecule has 1 atom stereocenters. The number of likely N-dealkylation sites (tertiary alicyclic amines) is 1. The molecule has 0 aromatic rings. The summed E-state index contributed by atoms with van der Waals surface area (Å²) in [4.78, 5) is 13.8. The molecule has 0 aromatic heterocycles. The van der Waals surface area contributed by atoms with Gasteiger partial charge in [0.2, 0.25) is 0 Å². The fraction of sp³-hybridized carbons (Fsp3) is 0.800. The van der Waals surface area contributed by atoms with Crippen molar-refractivity contribution in [2.45, 2.75) is 51.7 Å². The van der Waals surface area contributed by atoms with E-state index in [2.05, 4.69) is 6.58 Å². The zero-order chi connectivity index (χ0) is 14.1. The topological polar surface area (TPSA) is 38.8 Å². The van der Waals surface area contributed by atoms with Crippen LogP contribution in [0.15, 0.2) is 12.7 Å². The predicted molar refractivity (Wildman–Crippen MR) is 74.0 cm³/mol. The van der Waals surface area contributed by atoms with Crippen LogP contribution in [-0.2, 0) is 9.47 Å². The maximum atomic E-state index is 12.0. The fourth-order valence-corrected chi connectivity index (χ4v) is 2.82. The van der Waals surface area contributed by atoms with Gasteiger partial charge in [0.05, 0.1) is 12.7 Å². The molecule has 2 heterocycles. The van der Waals surface area contributed by atoms with E-state index in [9.17, 15) is 4.79 Å². The quantitative estimate of drug-likeness (QED) is 0.686. The fourth-order valence-electron chi connectivity index (χ4n) is 2.82. The highest BCUT2D eigenvalue weighted by atomic mass is 16.6. The summed E-state index contributed by atoms with van der Waals surface area (Å²) in [6.07, 6.45) is 4.91. The van der Waals surface area contributed by atoms with Crippen LogP contribution in [0.25, 0.3) is 0 Å². The number of carbonyl (C=O) groups excluding carboxylic acids is 1. The van der Waals surface area contributed by atoms with E-state index < -0.39 is 5.60 Å². The van der Waals surface area contributed by atoms with Crippen LogP contribution < -0.4 is 0 Å². The number of hydrogen-bond acceptors (Lipinski definition) is 3. The first-order chi connectivity index (χ1) is 8.84. The molecule has 0 bridgehead atoms. The van der Waals surface area contributed by atoms with Crippen LogP contribution >= 0.6 is 0 Å². The Morgan fingerprint density at radius 1 is 1.42 bits per heavy atom. The Morgan fingerprint density at radius 3 is 2.53 bits per heavy atom. The SMILES string of the molecule is C=C[C@H]1CC2(CCN(C(=O)OC(C)(C)C)CC2)CO1. The minimum Gasteiger partial charge on any atom is -0.444 e. The lowest BCUT2D eigenvalue weighted by molar-refractivity contribution is 0.00817. The lowest BCUT2D eigenvalue weighted by Crippen LogP contribution is -2.45. The number of ether oxygens (including phenoxy) is 2. The first kappa shape index (κ1) is 14.4. The minimum absolute atomic E-state index is 0.188. The Kier molecular flexibility index (Phi) is 3.90. The van der Waals surface area contributed by atoms with Gasteiger partial charge in [0.25, 0.3) is 0 Å². The Balaban J connectivity index is 1.86. The van der Waals surface area contributed by atoms with E-state index in [4.69, 9.17) is 9.47 Å². The van der Waals surface area contributed by atoms with E-state index in [1.54, 1.807) is 0 Å². The highest BCUT2D eigenvalue weighted by Gasteiger charge is 2.42. The second-order valence-corrected chi connectivity index (χ2v) is 6.76. The summed E-state index contributed by atoms with van der Waals surface area (Å²) < 4.78 is 11.1. The smallest absolute Gasteiger partial charge is 0.410 e. The molecule has 0 aliphatic carbocycles. The zero-order valence-electron chi connectivity index (χ0n) is 12.3. The molecule has 19 heavy (non-hydrogen) atoms. The van der Waals surface area contributed by atoms with Crippen molar-refractivity contribution in [3.05, 3.63) is 12.7 Å². The summed E-state index contributed by atoms with van der Waals surface area (Å²) in [5, 5.41) is 0. The van der Waals surface area contributed by atoms with E-state index in [0.29, 0.717) is 0 Å². The number of hydrogen-bond donors (Lipinski definition) is 0. The Morgan fingerprint density at radius 2 is 2.05 bits per heavy atom. The summed E-state index contributed by atoms with van der Waals surface area (Å²) in [6, 6.07) is 0. The Labute approximate surface area is 115 Å². The summed E-state index contributed by atoms with van der Waals surface area (Å²) in [5.41, 5.74) is -0.173. The minimum atomic E-state index is -0.420. The van der Waals surface area contributed by atoms with Crippen molar-refractivity contribution in [1.29, 1.82) is 0 Å². The van der Waals surface area contributed by atoms with Crippen molar-refractivity contribution >= 4 is 6.09 Å². The summed E-state index contributed by atoms with van der Waals surface area (Å²) >= 11 is 0. The van der Waals surface area contributed by atoms with Crippen LogP contribution in [0.5, 0.6) is 0 Å². The van der Waals surface area contributed by atoms with Crippen molar-refractivity contribution in [2.24, 2.45) is 5.41 Å². The third-order valence-electron chi connectivity index (χ3n) is 3.98. The molecule has 0 radical (unpaired) electrons. The van der Waals surface area contributed by atoms with Crippen LogP contribution in [0.3, 0.4) is 0 Å². The first-order valence-corrected chi connectivity index (χ1v) is 7.06. The lowest BCUT2D eigenvalue weighted by Gasteiger charge is -2.38. The van der Waals surface area contributed by atoms with Gasteiger partial charge in [-0.05, 0) is 45.4 Å². The van der Waals surface area contributed by atoms with Crippen LogP contribution in [0, 0.1) is 5.41 Å². The van der Waals surface area contributed by atoms with E-state index in [0.717, 1.165) is 39.0 Å². The highest BCUT2D eigenvalue weighted by Crippen LogP contribution is 2.42. The molecule has 2 aliphatic rings. The van der Waals surface area contributed by atoms with Crippen molar-refractivity contribution in [3.63, 3.8) is 0 Å². The van der Waals surface area contributed by atoms with Crippen LogP contribution in [0.4, 0.5) is 4.79 Å². The second-order valence-electron chi connectivity index (χ2n) is 6.76. The molecule has 0 N–H and O–H groups in total. The van der Waals surface area contributed by atoms with Gasteiger partial charge < -0.3 is 14.4 Å². The first-order valence-electron chi connectivity index (χ1n) is 7.06. The molecule has 2 fully saturated rings. The number of rotatable bonds is 1. The van der Waals surface area contributed by atoms with Crippen molar-refractivity contribution < 1.29 is 14.3 Å². The van der Waals surface area contributed by atoms with Crippen LogP contribution in [0.2, 0.25) is 0 Å². The van der Waals surface area contributed by atoms with Gasteiger partial charge in [-0.2, -0.15) is 0 Å². The molecule has 0 saturated carbocycles. The summed E-state index contributed by atoms with van der Waals surface area (Å²) in [7, 11) is 0. The van der Waals surface area contributed by atoms with E-state index in [1.807, 2.05) is 31.7 Å². The van der Waals surface area contributed by atoms with Gasteiger partial charge >= 0.3 is 6.09 Å². The molecule has 4 heteroatoms. The van der Waals surface area contributed by atoms with E-state index >= 15 is 0 Å². The maximum absolute atomic E-state index is 12.0. The van der Waals surface area contributed by atoms with E-state index in [1.165, 1.54) is 0 Å². The molecular weight excluding hydrogens is 242 g/mol. The van der Waals surface area contributed by atoms with Crippen LogP contribution in [0.1, 0.15) is 40.0 Å². The van der Waals surface area contributed by atoms with Gasteiger partial charge in [-0.3, -0.25) is 0 Å². The van der Waals surface area contributed by atoms with Crippen molar-refractivity contribution in [1.82, 2.24) is 4.90 Å². The normalized spacial score (nSPS) is 26.5. The Bertz CT molecular complexity index is 351. The Hall–Kier alpha value is -1.03. The van der Waals surface area contributed by atoms with Gasteiger partial charge in [0.1, 0.15) is 5.60 Å². The standard InChI is InChI=1S/C15H25NO3/c1-5-12-10-15(11-18-12)6-8-16(9-7-15)13(17)19-14(2,3)4/h5,12H,1,6-11H2,2-4H3/t12-/m0/s1. The molecule has 2 saturated heterocycles. The number of nitrogens with zero attached hydrogens (tertiary/aromatic N) is 1. The number of carbonyl (C=O) groups is 1. The molecule has 2 aliphatic heterocycles. The third kappa shape index (κ3) is 3.50. The third-order valence-corrected chi connectivity index (χ3v) is 3.98. The molecule has 4 nitrogen and oxygen atoms in total. The molecule has 0 unspecified atom stereocenters. The highest BCUT2D eigenvalue weighted by molar-refractivity contribution is 5.68. The zero-order valence-corrected chi connectivity index (χ0v) is 12.3. The maximum Gasteiger partial charge on any atom is 0.410 e. The second kappa shape index (κ2) is 5.16. The van der Waals surface area contributed by atoms with Crippen LogP contribution in [-0.4, -0.2) is 42.4 Å². The van der Waals surface area contributed by atoms with Gasteiger partial charge in [0.15, 0.2) is 0 Å². The van der Waals surface area contributed by atoms with Crippen molar-refractivity contribution in [3.8, 4) is 0 Å². The predicted octanol–water partition coefficient (Wildman–Crippen LogP) is 2.98. The average molecular weight is 267 g/mol. The molecule has 1 spiro atoms. The molecule has 0 aromatic carbocycles. The monoisotopic (exact) mass is 267 g/mol. The van der Waals surface area contributed by atoms with Crippen molar-refractivity contribution in [2.75, 3.05) is 19.7 Å². The molecule has 2 rings (SSSR count). The van der Waals surface area contributed by atoms with Gasteiger partial charge in [-0.1, -0.05) is 6.08 Å². The van der Waals surface area contributed by atoms with E-state index in [-0.39, 0.29) is 17.6 Å². The lowest BCUT2D eigenvalue weighted by atomic mass is 9.77. The average Bonchev–Trinajstić information content (AvgIpc) is 2.71. The molecular formula is C15H25NO3. The summed E-state index contributed by atoms with van der Waals surface area (Å²) in [6.45, 7) is 11.8. The van der Waals surface area contributed by atoms with Gasteiger partial charge in [0, 0.05) is 13.1 Å². The summed E-state index contributed by atoms with van der Waals surface area (Å²) in [5.74, 6) is 0. The van der Waals surface area contributed by atoms with Gasteiger partial charge in [-0.25, -0.2) is 4.79 Å². The molecule has 1 amide bonds. The number of amides is 1.